The summed E-state index contributed by atoms with van der Waals surface area (Å²) in [7, 11) is 1.53. The Morgan fingerprint density at radius 1 is 1.17 bits per heavy atom. The topological polar surface area (TPSA) is 76.1 Å². The third-order valence-electron chi connectivity index (χ3n) is 3.58. The maximum absolute atomic E-state index is 12.2. The molecule has 6 nitrogen and oxygen atoms in total. The maximum Gasteiger partial charge on any atom is 0.415 e. The maximum atomic E-state index is 12.2. The van der Waals surface area contributed by atoms with E-state index in [2.05, 4.69) is 0 Å². The number of aryl methyl sites for hydroxylation is 1. The third kappa shape index (κ3) is 5.81. The first-order valence-corrected chi connectivity index (χ1v) is 7.87. The minimum atomic E-state index is -0.802. The van der Waals surface area contributed by atoms with Gasteiger partial charge in [0.15, 0.2) is 11.5 Å². The zero-order valence-corrected chi connectivity index (χ0v) is 14.0. The predicted octanol–water partition coefficient (Wildman–Crippen LogP) is 3.33. The highest BCUT2D eigenvalue weighted by atomic mass is 16.6. The summed E-state index contributed by atoms with van der Waals surface area (Å²) < 4.78 is 10.8. The lowest BCUT2D eigenvalue weighted by atomic mass is 10.1. The molecule has 0 saturated carbocycles. The molecule has 0 spiro atoms. The van der Waals surface area contributed by atoms with Gasteiger partial charge in [0.2, 0.25) is 0 Å². The van der Waals surface area contributed by atoms with Crippen molar-refractivity contribution in [3.05, 3.63) is 23.8 Å². The van der Waals surface area contributed by atoms with Crippen molar-refractivity contribution >= 4 is 12.1 Å². The number of para-hydroxylation sites is 1. The number of nitrogens with zero attached hydrogens (tertiary/aromatic N) is 1. The van der Waals surface area contributed by atoms with E-state index in [1.165, 1.54) is 7.11 Å². The highest BCUT2D eigenvalue weighted by molar-refractivity contribution is 5.72. The van der Waals surface area contributed by atoms with Crippen LogP contribution in [0.15, 0.2) is 18.2 Å². The number of aliphatic carboxylic acids is 1. The van der Waals surface area contributed by atoms with Crippen LogP contribution in [0.1, 0.15) is 38.7 Å². The van der Waals surface area contributed by atoms with Crippen LogP contribution in [0.5, 0.6) is 11.5 Å². The van der Waals surface area contributed by atoms with E-state index in [0.717, 1.165) is 5.56 Å². The van der Waals surface area contributed by atoms with Gasteiger partial charge >= 0.3 is 12.1 Å². The van der Waals surface area contributed by atoms with Gasteiger partial charge in [-0.25, -0.2) is 4.79 Å². The van der Waals surface area contributed by atoms with Crippen LogP contribution in [-0.4, -0.2) is 42.3 Å². The average Bonchev–Trinajstić information content (AvgIpc) is 2.53. The van der Waals surface area contributed by atoms with Gasteiger partial charge in [-0.15, -0.1) is 0 Å². The lowest BCUT2D eigenvalue weighted by molar-refractivity contribution is -0.137. The Hall–Kier alpha value is -2.24. The van der Waals surface area contributed by atoms with Crippen molar-refractivity contribution < 1.29 is 24.2 Å². The lowest BCUT2D eigenvalue weighted by Gasteiger charge is -2.20. The van der Waals surface area contributed by atoms with Gasteiger partial charge in [0.05, 0.1) is 7.11 Å². The highest BCUT2D eigenvalue weighted by Gasteiger charge is 2.18. The minimum absolute atomic E-state index is 0.137. The molecule has 0 atom stereocenters. The number of carbonyl (C=O) groups excluding carboxylic acids is 1. The van der Waals surface area contributed by atoms with E-state index in [4.69, 9.17) is 14.6 Å². The fourth-order valence-electron chi connectivity index (χ4n) is 2.26. The molecule has 0 heterocycles. The van der Waals surface area contributed by atoms with Gasteiger partial charge in [-0.05, 0) is 44.7 Å². The van der Waals surface area contributed by atoms with Crippen molar-refractivity contribution in [2.24, 2.45) is 0 Å². The first kappa shape index (κ1) is 18.8. The molecule has 23 heavy (non-hydrogen) atoms. The van der Waals surface area contributed by atoms with E-state index < -0.39 is 12.1 Å². The Balaban J connectivity index is 2.85. The van der Waals surface area contributed by atoms with Crippen LogP contribution in [0.4, 0.5) is 4.79 Å². The number of rotatable bonds is 9. The van der Waals surface area contributed by atoms with Crippen molar-refractivity contribution in [2.45, 2.75) is 39.5 Å². The number of benzene rings is 1. The van der Waals surface area contributed by atoms with E-state index in [1.54, 1.807) is 11.0 Å². The molecule has 1 aromatic carbocycles. The second kappa shape index (κ2) is 9.71. The monoisotopic (exact) mass is 323 g/mol. The summed E-state index contributed by atoms with van der Waals surface area (Å²) in [6, 6.07) is 5.44. The van der Waals surface area contributed by atoms with E-state index in [-0.39, 0.29) is 6.42 Å². The molecular weight excluding hydrogens is 298 g/mol. The summed E-state index contributed by atoms with van der Waals surface area (Å²) in [6.07, 6.45) is 1.64. The van der Waals surface area contributed by atoms with Crippen LogP contribution >= 0.6 is 0 Å². The van der Waals surface area contributed by atoms with E-state index in [9.17, 15) is 9.59 Å². The normalized spacial score (nSPS) is 10.2. The number of amides is 1. The number of hydrogen-bond donors (Lipinski definition) is 1. The average molecular weight is 323 g/mol. The molecule has 0 unspecified atom stereocenters. The quantitative estimate of drug-likeness (QED) is 0.705. The number of carbonyl (C=O) groups is 2. The molecule has 1 N–H and O–H groups in total. The van der Waals surface area contributed by atoms with Crippen molar-refractivity contribution in [3.8, 4) is 11.5 Å². The Bertz CT molecular complexity index is 526. The third-order valence-corrected chi connectivity index (χ3v) is 3.58. The molecule has 0 saturated heterocycles. The van der Waals surface area contributed by atoms with E-state index in [1.807, 2.05) is 26.0 Å². The number of carboxylic acids is 1. The molecule has 128 valence electrons. The van der Waals surface area contributed by atoms with E-state index in [0.29, 0.717) is 43.9 Å². The molecule has 0 aliphatic carbocycles. The van der Waals surface area contributed by atoms with E-state index >= 15 is 0 Å². The van der Waals surface area contributed by atoms with Crippen molar-refractivity contribution in [1.82, 2.24) is 4.90 Å². The fraction of sp³-hybridized carbons (Fsp3) is 0.529. The number of carboxylic acid groups (broad SMARTS) is 1. The standard InChI is InChI=1S/C17H25NO5/c1-4-18(5-2)17(21)23-16-13(9-6-7-12-15(19)20)10-8-11-14(16)22-3/h8,10-11H,4-7,9,12H2,1-3H3,(H,19,20). The molecule has 1 aromatic rings. The van der Waals surface area contributed by atoms with Gasteiger partial charge in [-0.1, -0.05) is 12.1 Å². The zero-order valence-electron chi connectivity index (χ0n) is 14.0. The number of hydrogen-bond acceptors (Lipinski definition) is 4. The summed E-state index contributed by atoms with van der Waals surface area (Å²) in [4.78, 5) is 24.3. The summed E-state index contributed by atoms with van der Waals surface area (Å²) >= 11 is 0. The van der Waals surface area contributed by atoms with Gasteiger partial charge in [-0.3, -0.25) is 4.79 Å². The van der Waals surface area contributed by atoms with Crippen molar-refractivity contribution in [3.63, 3.8) is 0 Å². The van der Waals surface area contributed by atoms with Crippen molar-refractivity contribution in [1.29, 1.82) is 0 Å². The van der Waals surface area contributed by atoms with Crippen LogP contribution in [0.3, 0.4) is 0 Å². The predicted molar refractivity (Wildman–Crippen MR) is 87.1 cm³/mol. The van der Waals surface area contributed by atoms with Crippen molar-refractivity contribution in [2.75, 3.05) is 20.2 Å². The largest absolute Gasteiger partial charge is 0.493 e. The Morgan fingerprint density at radius 2 is 1.87 bits per heavy atom. The summed E-state index contributed by atoms with van der Waals surface area (Å²) in [6.45, 7) is 4.91. The Morgan fingerprint density at radius 3 is 2.43 bits per heavy atom. The SMILES string of the molecule is CCN(CC)C(=O)Oc1c(CCCCC(=O)O)cccc1OC. The zero-order chi connectivity index (χ0) is 17.2. The van der Waals surface area contributed by atoms with Gasteiger partial charge in [-0.2, -0.15) is 0 Å². The summed E-state index contributed by atoms with van der Waals surface area (Å²) in [5.74, 6) is 0.118. The summed E-state index contributed by atoms with van der Waals surface area (Å²) in [5, 5.41) is 8.69. The highest BCUT2D eigenvalue weighted by Crippen LogP contribution is 2.32. The molecule has 1 amide bonds. The molecule has 1 rings (SSSR count). The molecule has 6 heteroatoms. The Kier molecular flexibility index (Phi) is 7.94. The Labute approximate surface area is 137 Å². The van der Waals surface area contributed by atoms with Gasteiger partial charge in [0.1, 0.15) is 0 Å². The first-order valence-electron chi connectivity index (χ1n) is 7.87. The van der Waals surface area contributed by atoms with Crippen LogP contribution in [-0.2, 0) is 11.2 Å². The molecular formula is C17H25NO5. The first-order chi connectivity index (χ1) is 11.0. The molecule has 0 aromatic heterocycles. The summed E-state index contributed by atoms with van der Waals surface area (Å²) in [5.41, 5.74) is 0.843. The van der Waals surface area contributed by atoms with Crippen LogP contribution in [0, 0.1) is 0 Å². The lowest BCUT2D eigenvalue weighted by Crippen LogP contribution is -2.33. The van der Waals surface area contributed by atoms with Gasteiger partial charge in [0, 0.05) is 19.5 Å². The van der Waals surface area contributed by atoms with Gasteiger partial charge in [0.25, 0.3) is 0 Å². The smallest absolute Gasteiger partial charge is 0.415 e. The molecule has 0 fully saturated rings. The minimum Gasteiger partial charge on any atom is -0.493 e. The molecule has 0 bridgehead atoms. The van der Waals surface area contributed by atoms with Crippen LogP contribution in [0.25, 0.3) is 0 Å². The van der Waals surface area contributed by atoms with Gasteiger partial charge < -0.3 is 19.5 Å². The molecule has 0 aliphatic rings. The van der Waals surface area contributed by atoms with Crippen LogP contribution in [0.2, 0.25) is 0 Å². The molecule has 0 aliphatic heterocycles. The number of unbranched alkanes of at least 4 members (excludes halogenated alkanes) is 1. The fourth-order valence-corrected chi connectivity index (χ4v) is 2.26. The second-order valence-electron chi connectivity index (χ2n) is 5.09. The second-order valence-corrected chi connectivity index (χ2v) is 5.09. The molecule has 0 radical (unpaired) electrons. The number of methoxy groups -OCH3 is 1. The number of ether oxygens (including phenoxy) is 2. The van der Waals surface area contributed by atoms with Crippen LogP contribution < -0.4 is 9.47 Å².